The van der Waals surface area contributed by atoms with Crippen LogP contribution in [0.3, 0.4) is 0 Å². The van der Waals surface area contributed by atoms with Gasteiger partial charge in [0.25, 0.3) is 0 Å². The fourth-order valence-corrected chi connectivity index (χ4v) is 2.25. The minimum Gasteiger partial charge on any atom is -0.360 e. The first-order valence-corrected chi connectivity index (χ1v) is 5.81. The Kier molecular flexibility index (Phi) is 2.50. The van der Waals surface area contributed by atoms with Gasteiger partial charge in [-0.1, -0.05) is 0 Å². The molecule has 1 saturated heterocycles. The van der Waals surface area contributed by atoms with Crippen LogP contribution in [0, 0.1) is 0 Å². The summed E-state index contributed by atoms with van der Waals surface area (Å²) in [6.45, 7) is 2.20. The SMILES string of the molecule is c1c[nH]c(-c2cn(C3CCCNC3)cn2)c1. The summed E-state index contributed by atoms with van der Waals surface area (Å²) in [6.07, 6.45) is 8.49. The lowest BCUT2D eigenvalue weighted by molar-refractivity contribution is 0.371. The average molecular weight is 216 g/mol. The van der Waals surface area contributed by atoms with Crippen molar-refractivity contribution in [2.45, 2.75) is 18.9 Å². The van der Waals surface area contributed by atoms with Gasteiger partial charge in [-0.3, -0.25) is 0 Å². The Morgan fingerprint density at radius 1 is 1.44 bits per heavy atom. The van der Waals surface area contributed by atoms with Gasteiger partial charge in [-0.05, 0) is 31.5 Å². The molecule has 3 rings (SSSR count). The molecule has 1 fully saturated rings. The van der Waals surface area contributed by atoms with Crippen LogP contribution in [0.15, 0.2) is 30.9 Å². The van der Waals surface area contributed by atoms with Crippen molar-refractivity contribution in [2.24, 2.45) is 0 Å². The topological polar surface area (TPSA) is 45.6 Å². The number of hydrogen-bond donors (Lipinski definition) is 2. The van der Waals surface area contributed by atoms with E-state index in [1.807, 2.05) is 24.7 Å². The first-order chi connectivity index (χ1) is 7.93. The molecule has 2 N–H and O–H groups in total. The summed E-state index contributed by atoms with van der Waals surface area (Å²) in [4.78, 5) is 7.62. The second-order valence-corrected chi connectivity index (χ2v) is 4.29. The third kappa shape index (κ3) is 1.76. The summed E-state index contributed by atoms with van der Waals surface area (Å²) in [6, 6.07) is 4.60. The van der Waals surface area contributed by atoms with Crippen molar-refractivity contribution in [1.29, 1.82) is 0 Å². The van der Waals surface area contributed by atoms with Crippen LogP contribution in [0.1, 0.15) is 18.9 Å². The Morgan fingerprint density at radius 2 is 2.44 bits per heavy atom. The number of aromatic nitrogens is 3. The van der Waals surface area contributed by atoms with Crippen LogP contribution < -0.4 is 5.32 Å². The molecule has 1 aliphatic rings. The molecule has 84 valence electrons. The zero-order valence-corrected chi connectivity index (χ0v) is 9.19. The molecule has 0 bridgehead atoms. The molecule has 2 aromatic heterocycles. The first-order valence-electron chi connectivity index (χ1n) is 5.81. The molecule has 3 heterocycles. The number of hydrogen-bond acceptors (Lipinski definition) is 2. The second-order valence-electron chi connectivity index (χ2n) is 4.29. The fraction of sp³-hybridized carbons (Fsp3) is 0.417. The Balaban J connectivity index is 1.82. The maximum Gasteiger partial charge on any atom is 0.104 e. The van der Waals surface area contributed by atoms with E-state index in [1.165, 1.54) is 12.8 Å². The Morgan fingerprint density at radius 3 is 3.19 bits per heavy atom. The van der Waals surface area contributed by atoms with E-state index >= 15 is 0 Å². The van der Waals surface area contributed by atoms with Gasteiger partial charge in [0.15, 0.2) is 0 Å². The van der Waals surface area contributed by atoms with Gasteiger partial charge in [0.05, 0.1) is 12.0 Å². The highest BCUT2D eigenvalue weighted by Crippen LogP contribution is 2.20. The van der Waals surface area contributed by atoms with Gasteiger partial charge in [0.2, 0.25) is 0 Å². The molecule has 4 heteroatoms. The van der Waals surface area contributed by atoms with E-state index in [9.17, 15) is 0 Å². The van der Waals surface area contributed by atoms with Crippen LogP contribution in [0.4, 0.5) is 0 Å². The standard InChI is InChI=1S/C12H16N4/c1-3-10(7-13-5-1)16-8-12(15-9-16)11-4-2-6-14-11/h2,4,6,8-10,13-14H,1,3,5,7H2. The first kappa shape index (κ1) is 9.66. The van der Waals surface area contributed by atoms with E-state index in [4.69, 9.17) is 0 Å². The summed E-state index contributed by atoms with van der Waals surface area (Å²) in [7, 11) is 0. The maximum absolute atomic E-state index is 4.44. The van der Waals surface area contributed by atoms with Crippen molar-refractivity contribution in [3.05, 3.63) is 30.9 Å². The zero-order chi connectivity index (χ0) is 10.8. The van der Waals surface area contributed by atoms with Crippen LogP contribution in [-0.2, 0) is 0 Å². The molecule has 1 atom stereocenters. The maximum atomic E-state index is 4.44. The van der Waals surface area contributed by atoms with Crippen molar-refractivity contribution in [3.8, 4) is 11.4 Å². The van der Waals surface area contributed by atoms with Crippen LogP contribution >= 0.6 is 0 Å². The zero-order valence-electron chi connectivity index (χ0n) is 9.19. The predicted molar refractivity (Wildman–Crippen MR) is 63.2 cm³/mol. The largest absolute Gasteiger partial charge is 0.360 e. The van der Waals surface area contributed by atoms with Crippen molar-refractivity contribution in [2.75, 3.05) is 13.1 Å². The molecule has 4 nitrogen and oxygen atoms in total. The van der Waals surface area contributed by atoms with Crippen LogP contribution in [0.5, 0.6) is 0 Å². The highest BCUT2D eigenvalue weighted by Gasteiger charge is 2.15. The van der Waals surface area contributed by atoms with E-state index in [0.717, 1.165) is 24.5 Å². The molecule has 0 saturated carbocycles. The van der Waals surface area contributed by atoms with Gasteiger partial charge in [0.1, 0.15) is 5.69 Å². The molecule has 1 aliphatic heterocycles. The highest BCUT2D eigenvalue weighted by atomic mass is 15.1. The Labute approximate surface area is 94.7 Å². The number of nitrogens with zero attached hydrogens (tertiary/aromatic N) is 2. The van der Waals surface area contributed by atoms with Crippen LogP contribution in [0.25, 0.3) is 11.4 Å². The Bertz CT molecular complexity index is 437. The summed E-state index contributed by atoms with van der Waals surface area (Å²) >= 11 is 0. The molecule has 1 unspecified atom stereocenters. The molecule has 2 aromatic rings. The number of aromatic amines is 1. The number of nitrogens with one attached hydrogen (secondary N) is 2. The van der Waals surface area contributed by atoms with Gasteiger partial charge in [-0.25, -0.2) is 4.98 Å². The van der Waals surface area contributed by atoms with Crippen molar-refractivity contribution >= 4 is 0 Å². The normalized spacial score (nSPS) is 21.1. The third-order valence-corrected chi connectivity index (χ3v) is 3.17. The average Bonchev–Trinajstić information content (AvgIpc) is 3.01. The van der Waals surface area contributed by atoms with Gasteiger partial charge in [-0.15, -0.1) is 0 Å². The molecular formula is C12H16N4. The fourth-order valence-electron chi connectivity index (χ4n) is 2.25. The Hall–Kier alpha value is -1.55. The van der Waals surface area contributed by atoms with Crippen molar-refractivity contribution < 1.29 is 0 Å². The number of piperidine rings is 1. The van der Waals surface area contributed by atoms with Gasteiger partial charge >= 0.3 is 0 Å². The molecule has 0 radical (unpaired) electrons. The van der Waals surface area contributed by atoms with E-state index in [1.54, 1.807) is 0 Å². The predicted octanol–water partition coefficient (Wildman–Crippen LogP) is 1.80. The molecule has 0 spiro atoms. The minimum atomic E-state index is 0.560. The van der Waals surface area contributed by atoms with E-state index in [0.29, 0.717) is 6.04 Å². The second kappa shape index (κ2) is 4.14. The summed E-state index contributed by atoms with van der Waals surface area (Å²) < 4.78 is 2.22. The van der Waals surface area contributed by atoms with E-state index in [2.05, 4.69) is 26.0 Å². The summed E-state index contributed by atoms with van der Waals surface area (Å²) in [5, 5.41) is 3.42. The van der Waals surface area contributed by atoms with Crippen molar-refractivity contribution in [3.63, 3.8) is 0 Å². The lowest BCUT2D eigenvalue weighted by Crippen LogP contribution is -2.31. The third-order valence-electron chi connectivity index (χ3n) is 3.17. The molecule has 16 heavy (non-hydrogen) atoms. The van der Waals surface area contributed by atoms with Crippen LogP contribution in [0.2, 0.25) is 0 Å². The smallest absolute Gasteiger partial charge is 0.104 e. The minimum absolute atomic E-state index is 0.560. The number of rotatable bonds is 2. The van der Waals surface area contributed by atoms with Gasteiger partial charge in [-0.2, -0.15) is 0 Å². The van der Waals surface area contributed by atoms with Gasteiger partial charge < -0.3 is 14.9 Å². The number of H-pyrrole nitrogens is 1. The molecule has 0 amide bonds. The molecule has 0 aromatic carbocycles. The van der Waals surface area contributed by atoms with Crippen LogP contribution in [-0.4, -0.2) is 27.6 Å². The molecule has 0 aliphatic carbocycles. The van der Waals surface area contributed by atoms with Gasteiger partial charge in [0, 0.05) is 25.0 Å². The lowest BCUT2D eigenvalue weighted by atomic mass is 10.1. The highest BCUT2D eigenvalue weighted by molar-refractivity contribution is 5.52. The number of imidazole rings is 1. The summed E-state index contributed by atoms with van der Waals surface area (Å²) in [5.41, 5.74) is 2.11. The quantitative estimate of drug-likeness (QED) is 0.804. The molecular weight excluding hydrogens is 200 g/mol. The van der Waals surface area contributed by atoms with Crippen molar-refractivity contribution in [1.82, 2.24) is 19.9 Å². The monoisotopic (exact) mass is 216 g/mol. The van der Waals surface area contributed by atoms with E-state index < -0.39 is 0 Å². The lowest BCUT2D eigenvalue weighted by Gasteiger charge is -2.23. The van der Waals surface area contributed by atoms with E-state index in [-0.39, 0.29) is 0 Å². The summed E-state index contributed by atoms with van der Waals surface area (Å²) in [5.74, 6) is 0.